The first-order valence-corrected chi connectivity index (χ1v) is 10.2. The van der Waals surface area contributed by atoms with Gasteiger partial charge in [0, 0.05) is 5.56 Å². The van der Waals surface area contributed by atoms with E-state index in [0.29, 0.717) is 5.56 Å². The van der Waals surface area contributed by atoms with Crippen LogP contribution in [-0.4, -0.2) is 26.4 Å². The average molecular weight is 374 g/mol. The Kier molecular flexibility index (Phi) is 5.44. The van der Waals surface area contributed by atoms with Crippen LogP contribution in [0.3, 0.4) is 0 Å². The van der Waals surface area contributed by atoms with Crippen LogP contribution in [0.4, 0.5) is 10.1 Å². The van der Waals surface area contributed by atoms with E-state index in [2.05, 4.69) is 16.2 Å². The second-order valence-corrected chi connectivity index (χ2v) is 8.23. The second kappa shape index (κ2) is 7.60. The molecule has 0 saturated carbocycles. The van der Waals surface area contributed by atoms with Gasteiger partial charge in [0.2, 0.25) is 0 Å². The molecule has 0 spiro atoms. The zero-order chi connectivity index (χ0) is 18.7. The van der Waals surface area contributed by atoms with Gasteiger partial charge in [-0.15, -0.1) is 6.58 Å². The number of nitrogens with one attached hydrogen (secondary N) is 1. The molecule has 1 saturated heterocycles. The molecular weight excluding hydrogens is 351 g/mol. The average Bonchev–Trinajstić information content (AvgIpc) is 3.12. The molecule has 3 rings (SSSR count). The Morgan fingerprint density at radius 3 is 2.42 bits per heavy atom. The van der Waals surface area contributed by atoms with Crippen molar-refractivity contribution in [3.63, 3.8) is 0 Å². The summed E-state index contributed by atoms with van der Waals surface area (Å²) < 4.78 is 42.7. The number of sulfonamides is 1. The zero-order valence-electron chi connectivity index (χ0n) is 14.8. The fourth-order valence-electron chi connectivity index (χ4n) is 3.32. The number of hydrogen-bond donors (Lipinski definition) is 1. The highest BCUT2D eigenvalue weighted by atomic mass is 32.2. The monoisotopic (exact) mass is 374 g/mol. The smallest absolute Gasteiger partial charge is 0.261 e. The Bertz CT molecular complexity index is 889. The Balaban J connectivity index is 1.99. The van der Waals surface area contributed by atoms with Gasteiger partial charge >= 0.3 is 0 Å². The van der Waals surface area contributed by atoms with Gasteiger partial charge in [0.15, 0.2) is 0 Å². The van der Waals surface area contributed by atoms with Crippen LogP contribution in [0, 0.1) is 12.7 Å². The van der Waals surface area contributed by atoms with Crippen LogP contribution >= 0.6 is 0 Å². The fraction of sp³-hybridized carbons (Fsp3) is 0.300. The quantitative estimate of drug-likeness (QED) is 0.769. The molecule has 0 bridgehead atoms. The molecule has 26 heavy (non-hydrogen) atoms. The highest BCUT2D eigenvalue weighted by Gasteiger charge is 2.27. The van der Waals surface area contributed by atoms with Crippen LogP contribution in [0.1, 0.15) is 30.0 Å². The van der Waals surface area contributed by atoms with E-state index in [1.165, 1.54) is 12.1 Å². The van der Waals surface area contributed by atoms with Crippen molar-refractivity contribution < 1.29 is 12.8 Å². The summed E-state index contributed by atoms with van der Waals surface area (Å²) in [6.07, 6.45) is 3.76. The van der Waals surface area contributed by atoms with Crippen molar-refractivity contribution in [3.8, 4) is 0 Å². The van der Waals surface area contributed by atoms with Crippen molar-refractivity contribution >= 4 is 15.7 Å². The number of likely N-dealkylation sites (tertiary alicyclic amines) is 1. The van der Waals surface area contributed by atoms with E-state index >= 15 is 0 Å². The predicted molar refractivity (Wildman–Crippen MR) is 102 cm³/mol. The van der Waals surface area contributed by atoms with E-state index < -0.39 is 15.8 Å². The standard InChI is InChI=1S/C20H23FN2O2S/c1-3-19(23-13-4-5-14-23)20-17(21)7-6-8-18(20)22-26(24,25)16-11-9-15(2)10-12-16/h3,6-12,19,22H,1,4-5,13-14H2,2H3/t19-/m0/s1. The number of aryl methyl sites for hydroxylation is 1. The normalized spacial score (nSPS) is 16.4. The van der Waals surface area contributed by atoms with Crippen LogP contribution in [0.25, 0.3) is 0 Å². The first kappa shape index (κ1) is 18.6. The number of hydrogen-bond acceptors (Lipinski definition) is 3. The largest absolute Gasteiger partial charge is 0.293 e. The fourth-order valence-corrected chi connectivity index (χ4v) is 4.40. The minimum Gasteiger partial charge on any atom is -0.293 e. The minimum absolute atomic E-state index is 0.148. The number of halogens is 1. The molecule has 4 nitrogen and oxygen atoms in total. The van der Waals surface area contributed by atoms with Gasteiger partial charge in [-0.2, -0.15) is 0 Å². The topological polar surface area (TPSA) is 49.4 Å². The van der Waals surface area contributed by atoms with Gasteiger partial charge in [-0.25, -0.2) is 12.8 Å². The van der Waals surface area contributed by atoms with Crippen molar-refractivity contribution in [2.24, 2.45) is 0 Å². The van der Waals surface area contributed by atoms with Crippen LogP contribution in [-0.2, 0) is 10.0 Å². The minimum atomic E-state index is -3.80. The SMILES string of the molecule is C=C[C@@H](c1c(F)cccc1NS(=O)(=O)c1ccc(C)cc1)N1CCCC1. The summed E-state index contributed by atoms with van der Waals surface area (Å²) >= 11 is 0. The van der Waals surface area contributed by atoms with E-state index in [4.69, 9.17) is 0 Å². The number of rotatable bonds is 6. The summed E-state index contributed by atoms with van der Waals surface area (Å²) in [6.45, 7) is 7.42. The third-order valence-electron chi connectivity index (χ3n) is 4.68. The highest BCUT2D eigenvalue weighted by molar-refractivity contribution is 7.92. The zero-order valence-corrected chi connectivity index (χ0v) is 15.6. The van der Waals surface area contributed by atoms with Gasteiger partial charge < -0.3 is 0 Å². The summed E-state index contributed by atoms with van der Waals surface area (Å²) in [7, 11) is -3.80. The molecule has 0 unspecified atom stereocenters. The molecule has 2 aromatic rings. The maximum absolute atomic E-state index is 14.7. The van der Waals surface area contributed by atoms with Crippen LogP contribution in [0.15, 0.2) is 60.0 Å². The van der Waals surface area contributed by atoms with Gasteiger partial charge in [0.05, 0.1) is 16.6 Å². The molecule has 138 valence electrons. The Morgan fingerprint density at radius 2 is 1.81 bits per heavy atom. The van der Waals surface area contributed by atoms with Gasteiger partial charge in [0.1, 0.15) is 5.82 Å². The molecule has 1 heterocycles. The first-order valence-electron chi connectivity index (χ1n) is 8.67. The molecule has 2 aromatic carbocycles. The van der Waals surface area contributed by atoms with E-state index in [9.17, 15) is 12.8 Å². The van der Waals surface area contributed by atoms with Gasteiger partial charge in [0.25, 0.3) is 10.0 Å². The predicted octanol–water partition coefficient (Wildman–Crippen LogP) is 4.26. The van der Waals surface area contributed by atoms with Gasteiger partial charge in [-0.1, -0.05) is 29.8 Å². The summed E-state index contributed by atoms with van der Waals surface area (Å²) in [4.78, 5) is 2.27. The summed E-state index contributed by atoms with van der Waals surface area (Å²) in [5.41, 5.74) is 1.54. The van der Waals surface area contributed by atoms with E-state index in [1.807, 2.05) is 6.92 Å². The molecule has 1 atom stereocenters. The lowest BCUT2D eigenvalue weighted by Gasteiger charge is -2.27. The lowest BCUT2D eigenvalue weighted by atomic mass is 10.0. The van der Waals surface area contributed by atoms with Crippen LogP contribution in [0.5, 0.6) is 0 Å². The molecular formula is C20H23FN2O2S. The molecule has 6 heteroatoms. The molecule has 1 fully saturated rings. The molecule has 1 N–H and O–H groups in total. The maximum Gasteiger partial charge on any atom is 0.261 e. The van der Waals surface area contributed by atoms with Crippen LogP contribution < -0.4 is 4.72 Å². The van der Waals surface area contributed by atoms with Crippen molar-refractivity contribution in [1.82, 2.24) is 4.90 Å². The van der Waals surface area contributed by atoms with E-state index in [1.54, 1.807) is 36.4 Å². The molecule has 0 radical (unpaired) electrons. The third kappa shape index (κ3) is 3.81. The molecule has 1 aliphatic heterocycles. The number of benzene rings is 2. The van der Waals surface area contributed by atoms with Gasteiger partial charge in [-0.3, -0.25) is 9.62 Å². The van der Waals surface area contributed by atoms with Crippen molar-refractivity contribution in [2.45, 2.75) is 30.7 Å². The molecule has 0 aromatic heterocycles. The second-order valence-electron chi connectivity index (χ2n) is 6.54. The van der Waals surface area contributed by atoms with Crippen LogP contribution in [0.2, 0.25) is 0 Å². The number of anilines is 1. The Hall–Kier alpha value is -2.18. The summed E-state index contributed by atoms with van der Waals surface area (Å²) in [6, 6.07) is 10.6. The Morgan fingerprint density at radius 1 is 1.15 bits per heavy atom. The van der Waals surface area contributed by atoms with E-state index in [0.717, 1.165) is 31.5 Å². The first-order chi connectivity index (χ1) is 12.4. The maximum atomic E-state index is 14.7. The lowest BCUT2D eigenvalue weighted by molar-refractivity contribution is 0.284. The molecule has 0 aliphatic carbocycles. The Labute approximate surface area is 154 Å². The molecule has 0 amide bonds. The van der Waals surface area contributed by atoms with Crippen molar-refractivity contribution in [2.75, 3.05) is 17.8 Å². The van der Waals surface area contributed by atoms with Crippen molar-refractivity contribution in [1.29, 1.82) is 0 Å². The number of nitrogens with zero attached hydrogens (tertiary/aromatic N) is 1. The highest BCUT2D eigenvalue weighted by Crippen LogP contribution is 2.34. The third-order valence-corrected chi connectivity index (χ3v) is 6.06. The van der Waals surface area contributed by atoms with E-state index in [-0.39, 0.29) is 16.6 Å². The van der Waals surface area contributed by atoms with Crippen molar-refractivity contribution in [3.05, 3.63) is 72.1 Å². The summed E-state index contributed by atoms with van der Waals surface area (Å²) in [5.74, 6) is -0.439. The van der Waals surface area contributed by atoms with Gasteiger partial charge in [-0.05, 0) is 57.1 Å². The summed E-state index contributed by atoms with van der Waals surface area (Å²) in [5, 5.41) is 0. The molecule has 1 aliphatic rings. The lowest BCUT2D eigenvalue weighted by Crippen LogP contribution is -2.26.